The molecule has 0 aliphatic carbocycles. The Morgan fingerprint density at radius 3 is 2.32 bits per heavy atom. The zero-order valence-electron chi connectivity index (χ0n) is 13.0. The van der Waals surface area contributed by atoms with E-state index in [1.165, 1.54) is 0 Å². The van der Waals surface area contributed by atoms with Gasteiger partial charge in [-0.05, 0) is 37.1 Å². The Labute approximate surface area is 130 Å². The monoisotopic (exact) mass is 306 g/mol. The van der Waals surface area contributed by atoms with Gasteiger partial charge in [-0.1, -0.05) is 0 Å². The number of nitrogens with zero attached hydrogens (tertiary/aromatic N) is 1. The van der Waals surface area contributed by atoms with Crippen LogP contribution in [0, 0.1) is 0 Å². The molecule has 0 aromatic heterocycles. The molecule has 0 radical (unpaired) electrons. The molecule has 1 aromatic carbocycles. The third kappa shape index (κ3) is 4.65. The zero-order valence-corrected chi connectivity index (χ0v) is 13.0. The Bertz CT molecular complexity index is 507. The van der Waals surface area contributed by atoms with Crippen molar-refractivity contribution in [1.82, 2.24) is 10.2 Å². The molecule has 1 heterocycles. The van der Waals surface area contributed by atoms with Crippen LogP contribution in [0.1, 0.15) is 19.8 Å². The number of likely N-dealkylation sites (tertiary alicyclic amines) is 1. The first-order valence-corrected chi connectivity index (χ1v) is 7.40. The largest absolute Gasteiger partial charge is 0.497 e. The Morgan fingerprint density at radius 2 is 1.77 bits per heavy atom. The lowest BCUT2D eigenvalue weighted by atomic mass is 10.1. The standard InChI is InChI=1S/C16H22N2O4/c1-12(19)18-9-7-13(8-10-18)17-16(20)11-22-15-5-3-14(21-2)4-6-15/h3-6,13H,7-11H2,1-2H3,(H,17,20). The van der Waals surface area contributed by atoms with E-state index in [0.29, 0.717) is 18.8 Å². The second-order valence-corrected chi connectivity index (χ2v) is 5.31. The summed E-state index contributed by atoms with van der Waals surface area (Å²) in [6.45, 7) is 2.94. The maximum absolute atomic E-state index is 11.9. The predicted octanol–water partition coefficient (Wildman–Crippen LogP) is 1.20. The lowest BCUT2D eigenvalue weighted by Crippen LogP contribution is -2.47. The summed E-state index contributed by atoms with van der Waals surface area (Å²) in [6, 6.07) is 7.20. The van der Waals surface area contributed by atoms with E-state index >= 15 is 0 Å². The molecule has 1 fully saturated rings. The summed E-state index contributed by atoms with van der Waals surface area (Å²) in [5, 5.41) is 2.94. The number of ether oxygens (including phenoxy) is 2. The van der Waals surface area contributed by atoms with Crippen molar-refractivity contribution in [3.8, 4) is 11.5 Å². The minimum absolute atomic E-state index is 0.0146. The van der Waals surface area contributed by atoms with E-state index in [-0.39, 0.29) is 24.5 Å². The van der Waals surface area contributed by atoms with Gasteiger partial charge in [0.15, 0.2) is 6.61 Å². The maximum atomic E-state index is 11.9. The van der Waals surface area contributed by atoms with Gasteiger partial charge in [0, 0.05) is 26.1 Å². The van der Waals surface area contributed by atoms with Crippen LogP contribution in [0.15, 0.2) is 24.3 Å². The minimum Gasteiger partial charge on any atom is -0.497 e. The van der Waals surface area contributed by atoms with Gasteiger partial charge in [-0.3, -0.25) is 9.59 Å². The molecule has 1 saturated heterocycles. The summed E-state index contributed by atoms with van der Waals surface area (Å²) >= 11 is 0. The molecule has 6 nitrogen and oxygen atoms in total. The van der Waals surface area contributed by atoms with Gasteiger partial charge in [-0.25, -0.2) is 0 Å². The van der Waals surface area contributed by atoms with Crippen LogP contribution in [0.4, 0.5) is 0 Å². The van der Waals surface area contributed by atoms with Crippen molar-refractivity contribution < 1.29 is 19.1 Å². The highest BCUT2D eigenvalue weighted by molar-refractivity contribution is 5.78. The molecule has 0 unspecified atom stereocenters. The molecular formula is C16H22N2O4. The number of hydrogen-bond donors (Lipinski definition) is 1. The maximum Gasteiger partial charge on any atom is 0.258 e. The predicted molar refractivity (Wildman–Crippen MR) is 81.9 cm³/mol. The molecule has 0 atom stereocenters. The Morgan fingerprint density at radius 1 is 1.18 bits per heavy atom. The number of amides is 2. The molecule has 2 amide bonds. The Hall–Kier alpha value is -2.24. The van der Waals surface area contributed by atoms with Crippen LogP contribution in [0.25, 0.3) is 0 Å². The Balaban J connectivity index is 1.70. The third-order valence-electron chi connectivity index (χ3n) is 3.73. The number of piperidine rings is 1. The van der Waals surface area contributed by atoms with Gasteiger partial charge in [0.25, 0.3) is 5.91 Å². The van der Waals surface area contributed by atoms with Crippen LogP contribution in [0.5, 0.6) is 11.5 Å². The number of nitrogens with one attached hydrogen (secondary N) is 1. The van der Waals surface area contributed by atoms with Gasteiger partial charge in [-0.15, -0.1) is 0 Å². The summed E-state index contributed by atoms with van der Waals surface area (Å²) in [5.74, 6) is 1.32. The SMILES string of the molecule is COc1ccc(OCC(=O)NC2CCN(C(C)=O)CC2)cc1. The Kier molecular flexibility index (Phi) is 5.63. The van der Waals surface area contributed by atoms with Gasteiger partial charge >= 0.3 is 0 Å². The topological polar surface area (TPSA) is 67.9 Å². The van der Waals surface area contributed by atoms with Crippen LogP contribution in [0.2, 0.25) is 0 Å². The molecule has 0 bridgehead atoms. The van der Waals surface area contributed by atoms with Crippen LogP contribution in [0.3, 0.4) is 0 Å². The number of carbonyl (C=O) groups excluding carboxylic acids is 2. The van der Waals surface area contributed by atoms with Crippen molar-refractivity contribution in [3.63, 3.8) is 0 Å². The van der Waals surface area contributed by atoms with Crippen LogP contribution < -0.4 is 14.8 Å². The van der Waals surface area contributed by atoms with E-state index < -0.39 is 0 Å². The van der Waals surface area contributed by atoms with Crippen molar-refractivity contribution in [2.45, 2.75) is 25.8 Å². The lowest BCUT2D eigenvalue weighted by Gasteiger charge is -2.31. The fraction of sp³-hybridized carbons (Fsp3) is 0.500. The van der Waals surface area contributed by atoms with Crippen molar-refractivity contribution in [2.75, 3.05) is 26.8 Å². The highest BCUT2D eigenvalue weighted by atomic mass is 16.5. The summed E-state index contributed by atoms with van der Waals surface area (Å²) in [6.07, 6.45) is 1.57. The molecular weight excluding hydrogens is 284 g/mol. The van der Waals surface area contributed by atoms with E-state index in [1.807, 2.05) is 0 Å². The van der Waals surface area contributed by atoms with E-state index in [4.69, 9.17) is 9.47 Å². The van der Waals surface area contributed by atoms with Gasteiger partial charge in [-0.2, -0.15) is 0 Å². The molecule has 120 valence electrons. The first-order valence-electron chi connectivity index (χ1n) is 7.40. The molecule has 0 saturated carbocycles. The average molecular weight is 306 g/mol. The second-order valence-electron chi connectivity index (χ2n) is 5.31. The fourth-order valence-electron chi connectivity index (χ4n) is 2.43. The molecule has 22 heavy (non-hydrogen) atoms. The summed E-state index contributed by atoms with van der Waals surface area (Å²) in [4.78, 5) is 24.9. The van der Waals surface area contributed by atoms with Crippen LogP contribution >= 0.6 is 0 Å². The van der Waals surface area contributed by atoms with Gasteiger partial charge in [0.2, 0.25) is 5.91 Å². The van der Waals surface area contributed by atoms with Gasteiger partial charge in [0.05, 0.1) is 7.11 Å². The molecule has 1 aliphatic heterocycles. The third-order valence-corrected chi connectivity index (χ3v) is 3.73. The van der Waals surface area contributed by atoms with Crippen molar-refractivity contribution in [2.24, 2.45) is 0 Å². The highest BCUT2D eigenvalue weighted by Gasteiger charge is 2.21. The highest BCUT2D eigenvalue weighted by Crippen LogP contribution is 2.17. The average Bonchev–Trinajstić information content (AvgIpc) is 2.54. The first kappa shape index (κ1) is 16.1. The summed E-state index contributed by atoms with van der Waals surface area (Å²) in [7, 11) is 1.60. The van der Waals surface area contributed by atoms with Crippen LogP contribution in [-0.4, -0.2) is 49.6 Å². The molecule has 2 rings (SSSR count). The molecule has 1 aliphatic rings. The smallest absolute Gasteiger partial charge is 0.258 e. The van der Waals surface area contributed by atoms with E-state index in [9.17, 15) is 9.59 Å². The van der Waals surface area contributed by atoms with E-state index in [2.05, 4.69) is 5.32 Å². The van der Waals surface area contributed by atoms with E-state index in [0.717, 1.165) is 18.6 Å². The van der Waals surface area contributed by atoms with Crippen LogP contribution in [-0.2, 0) is 9.59 Å². The fourth-order valence-corrected chi connectivity index (χ4v) is 2.43. The summed E-state index contributed by atoms with van der Waals surface area (Å²) in [5.41, 5.74) is 0. The zero-order chi connectivity index (χ0) is 15.9. The number of carbonyl (C=O) groups is 2. The van der Waals surface area contributed by atoms with Gasteiger partial charge in [0.1, 0.15) is 11.5 Å². The van der Waals surface area contributed by atoms with Gasteiger partial charge < -0.3 is 19.7 Å². The lowest BCUT2D eigenvalue weighted by molar-refractivity contribution is -0.130. The number of hydrogen-bond acceptors (Lipinski definition) is 4. The van der Waals surface area contributed by atoms with Crippen molar-refractivity contribution >= 4 is 11.8 Å². The molecule has 1 N–H and O–H groups in total. The normalized spacial score (nSPS) is 15.3. The van der Waals surface area contributed by atoms with E-state index in [1.54, 1.807) is 43.2 Å². The minimum atomic E-state index is -0.142. The molecule has 1 aromatic rings. The second kappa shape index (κ2) is 7.68. The number of methoxy groups -OCH3 is 1. The molecule has 0 spiro atoms. The summed E-state index contributed by atoms with van der Waals surface area (Å²) < 4.78 is 10.5. The van der Waals surface area contributed by atoms with Crippen molar-refractivity contribution in [1.29, 1.82) is 0 Å². The first-order chi connectivity index (χ1) is 10.6. The number of rotatable bonds is 5. The van der Waals surface area contributed by atoms with Crippen molar-refractivity contribution in [3.05, 3.63) is 24.3 Å². The molecule has 6 heteroatoms. The number of benzene rings is 1. The quantitative estimate of drug-likeness (QED) is 0.887.